The van der Waals surface area contributed by atoms with Crippen LogP contribution in [0, 0.1) is 5.41 Å². The molecule has 1 aliphatic rings. The molecular formula is C19H24N4O3. The third kappa shape index (κ3) is 3.42. The van der Waals surface area contributed by atoms with Crippen LogP contribution in [0.5, 0.6) is 5.75 Å². The zero-order chi connectivity index (χ0) is 18.9. The van der Waals surface area contributed by atoms with Gasteiger partial charge in [0.15, 0.2) is 0 Å². The predicted octanol–water partition coefficient (Wildman–Crippen LogP) is 2.20. The molecule has 0 aliphatic carbocycles. The van der Waals surface area contributed by atoms with Gasteiger partial charge in [-0.3, -0.25) is 14.3 Å². The van der Waals surface area contributed by atoms with Crippen LogP contribution < -0.4 is 15.4 Å². The van der Waals surface area contributed by atoms with Crippen LogP contribution in [0.1, 0.15) is 27.7 Å². The van der Waals surface area contributed by atoms with Crippen LogP contribution in [0.2, 0.25) is 0 Å². The molecule has 7 heteroatoms. The van der Waals surface area contributed by atoms with Gasteiger partial charge in [-0.25, -0.2) is 0 Å². The number of fused-ring (bicyclic) bond motifs is 1. The highest BCUT2D eigenvalue weighted by Gasteiger charge is 2.48. The average Bonchev–Trinajstić information content (AvgIpc) is 3.07. The standard InChI is InChI=1S/C19H24N4O3/c1-18(2,3)15(12-23-11-7-10-20-23)22-17(25)19(4)16(24)21-13-8-5-6-9-14(13)26-19/h5-11,15H,12H2,1-4H3,(H,21,24)(H,22,25). The highest BCUT2D eigenvalue weighted by molar-refractivity contribution is 6.15. The number of carbonyl (C=O) groups is 2. The lowest BCUT2D eigenvalue weighted by atomic mass is 9.86. The fourth-order valence-corrected chi connectivity index (χ4v) is 2.74. The first-order valence-corrected chi connectivity index (χ1v) is 8.58. The molecule has 26 heavy (non-hydrogen) atoms. The molecule has 2 atom stereocenters. The highest BCUT2D eigenvalue weighted by atomic mass is 16.5. The number of anilines is 1. The lowest BCUT2D eigenvalue weighted by Gasteiger charge is -2.37. The number of hydrogen-bond donors (Lipinski definition) is 2. The van der Waals surface area contributed by atoms with Crippen molar-refractivity contribution in [3.63, 3.8) is 0 Å². The number of ether oxygens (including phenoxy) is 1. The van der Waals surface area contributed by atoms with E-state index in [4.69, 9.17) is 4.74 Å². The lowest BCUT2D eigenvalue weighted by molar-refractivity contribution is -0.147. The minimum Gasteiger partial charge on any atom is -0.466 e. The molecule has 0 bridgehead atoms. The average molecular weight is 356 g/mol. The van der Waals surface area contributed by atoms with E-state index in [0.29, 0.717) is 18.0 Å². The van der Waals surface area contributed by atoms with Crippen molar-refractivity contribution in [3.8, 4) is 5.75 Å². The Labute approximate surface area is 152 Å². The van der Waals surface area contributed by atoms with Crippen molar-refractivity contribution < 1.29 is 14.3 Å². The molecule has 0 radical (unpaired) electrons. The minimum atomic E-state index is -1.64. The van der Waals surface area contributed by atoms with Gasteiger partial charge < -0.3 is 15.4 Å². The van der Waals surface area contributed by atoms with Crippen LogP contribution in [-0.4, -0.2) is 33.2 Å². The van der Waals surface area contributed by atoms with Crippen LogP contribution in [0.4, 0.5) is 5.69 Å². The van der Waals surface area contributed by atoms with Gasteiger partial charge in [-0.1, -0.05) is 32.9 Å². The maximum Gasteiger partial charge on any atom is 0.278 e. The summed E-state index contributed by atoms with van der Waals surface area (Å²) in [7, 11) is 0. The zero-order valence-corrected chi connectivity index (χ0v) is 15.4. The number of rotatable bonds is 4. The summed E-state index contributed by atoms with van der Waals surface area (Å²) in [5, 5.41) is 9.93. The SMILES string of the molecule is CC1(C(=O)NC(Cn2cccn2)C(C)(C)C)Oc2ccccc2NC1=O. The molecule has 0 saturated heterocycles. The Balaban J connectivity index is 1.81. The van der Waals surface area contributed by atoms with E-state index in [0.717, 1.165) is 0 Å². The van der Waals surface area contributed by atoms with Crippen molar-refractivity contribution in [2.45, 2.75) is 45.9 Å². The van der Waals surface area contributed by atoms with Gasteiger partial charge in [0.25, 0.3) is 17.4 Å². The van der Waals surface area contributed by atoms with E-state index in [2.05, 4.69) is 15.7 Å². The van der Waals surface area contributed by atoms with E-state index >= 15 is 0 Å². The van der Waals surface area contributed by atoms with Crippen molar-refractivity contribution in [1.82, 2.24) is 15.1 Å². The molecule has 1 aromatic carbocycles. The molecule has 2 amide bonds. The number of aromatic nitrogens is 2. The van der Waals surface area contributed by atoms with Gasteiger partial charge in [-0.15, -0.1) is 0 Å². The zero-order valence-electron chi connectivity index (χ0n) is 15.4. The smallest absolute Gasteiger partial charge is 0.278 e. The summed E-state index contributed by atoms with van der Waals surface area (Å²) >= 11 is 0. The second kappa shape index (κ2) is 6.48. The summed E-state index contributed by atoms with van der Waals surface area (Å²) in [4.78, 5) is 25.6. The van der Waals surface area contributed by atoms with Gasteiger partial charge in [-0.2, -0.15) is 5.10 Å². The van der Waals surface area contributed by atoms with Gasteiger partial charge in [0, 0.05) is 12.4 Å². The Morgan fingerprint density at radius 2 is 2.08 bits per heavy atom. The minimum absolute atomic E-state index is 0.235. The van der Waals surface area contributed by atoms with Crippen LogP contribution >= 0.6 is 0 Å². The number of hydrogen-bond acceptors (Lipinski definition) is 4. The molecule has 138 valence electrons. The maximum absolute atomic E-state index is 13.0. The molecule has 0 spiro atoms. The Morgan fingerprint density at radius 3 is 2.73 bits per heavy atom. The summed E-state index contributed by atoms with van der Waals surface area (Å²) in [6.07, 6.45) is 3.53. The van der Waals surface area contributed by atoms with E-state index in [1.165, 1.54) is 6.92 Å². The number of para-hydroxylation sites is 2. The summed E-state index contributed by atoms with van der Waals surface area (Å²) in [5.74, 6) is -0.485. The third-order valence-corrected chi connectivity index (χ3v) is 4.60. The first-order chi connectivity index (χ1) is 12.2. The molecule has 0 fully saturated rings. The summed E-state index contributed by atoms with van der Waals surface area (Å²) in [5.41, 5.74) is -1.31. The number of carbonyl (C=O) groups excluding carboxylic acids is 2. The van der Waals surface area contributed by atoms with Crippen LogP contribution in [-0.2, 0) is 16.1 Å². The molecule has 7 nitrogen and oxygen atoms in total. The second-order valence-electron chi connectivity index (χ2n) is 7.71. The van der Waals surface area contributed by atoms with E-state index < -0.39 is 17.4 Å². The van der Waals surface area contributed by atoms with Crippen molar-refractivity contribution in [2.75, 3.05) is 5.32 Å². The molecule has 2 N–H and O–H groups in total. The van der Waals surface area contributed by atoms with Crippen molar-refractivity contribution in [1.29, 1.82) is 0 Å². The quantitative estimate of drug-likeness (QED) is 0.823. The number of benzene rings is 1. The normalized spacial score (nSPS) is 20.5. The lowest BCUT2D eigenvalue weighted by Crippen LogP contribution is -2.62. The van der Waals surface area contributed by atoms with Crippen molar-refractivity contribution in [2.24, 2.45) is 5.41 Å². The second-order valence-corrected chi connectivity index (χ2v) is 7.71. The molecule has 3 rings (SSSR count). The topological polar surface area (TPSA) is 85.2 Å². The van der Waals surface area contributed by atoms with E-state index in [1.54, 1.807) is 35.1 Å². The first kappa shape index (κ1) is 18.0. The molecule has 2 aromatic rings. The molecule has 1 aromatic heterocycles. The first-order valence-electron chi connectivity index (χ1n) is 8.58. The highest BCUT2D eigenvalue weighted by Crippen LogP contribution is 2.33. The Morgan fingerprint density at radius 1 is 1.35 bits per heavy atom. The Kier molecular flexibility index (Phi) is 4.48. The Bertz CT molecular complexity index is 810. The molecule has 2 unspecified atom stereocenters. The number of amides is 2. The van der Waals surface area contributed by atoms with Crippen molar-refractivity contribution in [3.05, 3.63) is 42.7 Å². The van der Waals surface area contributed by atoms with Gasteiger partial charge in [0.2, 0.25) is 0 Å². The number of nitrogens with one attached hydrogen (secondary N) is 2. The molecule has 1 aliphatic heterocycles. The van der Waals surface area contributed by atoms with Gasteiger partial charge in [0.1, 0.15) is 5.75 Å². The largest absolute Gasteiger partial charge is 0.466 e. The summed E-state index contributed by atoms with van der Waals surface area (Å²) < 4.78 is 7.56. The number of nitrogens with zero attached hydrogens (tertiary/aromatic N) is 2. The molecule has 0 saturated carbocycles. The van der Waals surface area contributed by atoms with Gasteiger partial charge in [0.05, 0.1) is 18.3 Å². The van der Waals surface area contributed by atoms with Crippen LogP contribution in [0.15, 0.2) is 42.7 Å². The van der Waals surface area contributed by atoms with Gasteiger partial charge in [-0.05, 0) is 30.5 Å². The maximum atomic E-state index is 13.0. The van der Waals surface area contributed by atoms with Crippen LogP contribution in [0.3, 0.4) is 0 Å². The summed E-state index contributed by atoms with van der Waals surface area (Å²) in [6, 6.07) is 8.65. The monoisotopic (exact) mass is 356 g/mol. The summed E-state index contributed by atoms with van der Waals surface area (Å²) in [6.45, 7) is 8.07. The Hall–Kier alpha value is -2.83. The van der Waals surface area contributed by atoms with E-state index in [9.17, 15) is 9.59 Å². The van der Waals surface area contributed by atoms with Gasteiger partial charge >= 0.3 is 0 Å². The van der Waals surface area contributed by atoms with E-state index in [1.807, 2.05) is 33.0 Å². The fourth-order valence-electron chi connectivity index (χ4n) is 2.74. The third-order valence-electron chi connectivity index (χ3n) is 4.60. The predicted molar refractivity (Wildman–Crippen MR) is 97.7 cm³/mol. The van der Waals surface area contributed by atoms with E-state index in [-0.39, 0.29) is 11.5 Å². The van der Waals surface area contributed by atoms with Crippen LogP contribution in [0.25, 0.3) is 0 Å². The molecule has 2 heterocycles. The molecular weight excluding hydrogens is 332 g/mol. The van der Waals surface area contributed by atoms with Crippen molar-refractivity contribution >= 4 is 17.5 Å². The fraction of sp³-hybridized carbons (Fsp3) is 0.421.